The maximum atomic E-state index is 12.3. The highest BCUT2D eigenvalue weighted by atomic mass is 16.1. The smallest absolute Gasteiger partial charge is 0.224 e. The van der Waals surface area contributed by atoms with Gasteiger partial charge in [0.05, 0.1) is 0 Å². The number of nitrogens with one attached hydrogen (secondary N) is 2. The predicted octanol–water partition coefficient (Wildman–Crippen LogP) is 2.90. The molecule has 0 spiro atoms. The van der Waals surface area contributed by atoms with Crippen molar-refractivity contribution in [2.45, 2.75) is 58.3 Å². The fourth-order valence-corrected chi connectivity index (χ4v) is 4.36. The van der Waals surface area contributed by atoms with Gasteiger partial charge in [0.15, 0.2) is 0 Å². The molecule has 0 radical (unpaired) electrons. The fraction of sp³-hybridized carbons (Fsp3) is 0.773. The van der Waals surface area contributed by atoms with E-state index < -0.39 is 0 Å². The molecule has 1 amide bonds. The van der Waals surface area contributed by atoms with Gasteiger partial charge < -0.3 is 20.4 Å². The van der Waals surface area contributed by atoms with Crippen molar-refractivity contribution < 1.29 is 4.79 Å². The number of piperidine rings is 1. The molecular weight excluding hydrogens is 364 g/mol. The van der Waals surface area contributed by atoms with Gasteiger partial charge in [0.1, 0.15) is 5.82 Å². The quantitative estimate of drug-likeness (QED) is 0.619. The Bertz CT molecular complexity index is 609. The largest absolute Gasteiger partial charge is 0.356 e. The second kappa shape index (κ2) is 12.0. The maximum absolute atomic E-state index is 12.3. The number of likely N-dealkylation sites (tertiary alicyclic amines) is 1. The first-order valence-corrected chi connectivity index (χ1v) is 11.6. The molecule has 29 heavy (non-hydrogen) atoms. The van der Waals surface area contributed by atoms with Gasteiger partial charge in [0.25, 0.3) is 0 Å². The van der Waals surface area contributed by atoms with Gasteiger partial charge in [-0.1, -0.05) is 12.8 Å². The van der Waals surface area contributed by atoms with Crippen LogP contribution in [0.2, 0.25) is 0 Å². The Morgan fingerprint density at radius 1 is 1.14 bits per heavy atom. The maximum Gasteiger partial charge on any atom is 0.224 e. The summed E-state index contributed by atoms with van der Waals surface area (Å²) in [5.74, 6) is 2.36. The van der Waals surface area contributed by atoms with Gasteiger partial charge in [-0.05, 0) is 70.6 Å². The summed E-state index contributed by atoms with van der Waals surface area (Å²) < 4.78 is 0. The molecule has 2 aliphatic heterocycles. The van der Waals surface area contributed by atoms with Crippen LogP contribution in [0.5, 0.6) is 0 Å². The molecule has 3 rings (SSSR count). The van der Waals surface area contributed by atoms with Crippen LogP contribution in [0.3, 0.4) is 0 Å². The van der Waals surface area contributed by atoms with E-state index in [1.165, 1.54) is 38.8 Å². The van der Waals surface area contributed by atoms with Crippen LogP contribution in [0.25, 0.3) is 0 Å². The topological polar surface area (TPSA) is 73.4 Å². The van der Waals surface area contributed by atoms with Gasteiger partial charge in [0.2, 0.25) is 11.9 Å². The molecule has 0 saturated carbocycles. The van der Waals surface area contributed by atoms with Crippen LogP contribution in [-0.2, 0) is 4.79 Å². The van der Waals surface area contributed by atoms with E-state index in [0.29, 0.717) is 18.3 Å². The van der Waals surface area contributed by atoms with Crippen molar-refractivity contribution in [3.05, 3.63) is 12.3 Å². The molecule has 2 saturated heterocycles. The Morgan fingerprint density at radius 2 is 1.90 bits per heavy atom. The van der Waals surface area contributed by atoms with Gasteiger partial charge in [-0.15, -0.1) is 0 Å². The number of nitrogens with zero attached hydrogens (tertiary/aromatic N) is 4. The second-order valence-electron chi connectivity index (χ2n) is 8.36. The average molecular weight is 403 g/mol. The highest BCUT2D eigenvalue weighted by molar-refractivity contribution is 5.76. The molecule has 0 aliphatic carbocycles. The summed E-state index contributed by atoms with van der Waals surface area (Å²) in [5.41, 5.74) is 0. The van der Waals surface area contributed by atoms with Crippen molar-refractivity contribution in [1.29, 1.82) is 0 Å². The third kappa shape index (κ3) is 7.46. The van der Waals surface area contributed by atoms with Gasteiger partial charge in [-0.2, -0.15) is 4.98 Å². The molecule has 1 aromatic heterocycles. The third-order valence-electron chi connectivity index (χ3n) is 6.06. The second-order valence-corrected chi connectivity index (χ2v) is 8.36. The Hall–Kier alpha value is -1.89. The Morgan fingerprint density at radius 3 is 2.62 bits per heavy atom. The van der Waals surface area contributed by atoms with E-state index in [2.05, 4.69) is 30.4 Å². The number of anilines is 2. The van der Waals surface area contributed by atoms with Crippen LogP contribution in [0.15, 0.2) is 12.3 Å². The van der Waals surface area contributed by atoms with Crippen LogP contribution in [0.1, 0.15) is 58.3 Å². The van der Waals surface area contributed by atoms with Crippen molar-refractivity contribution >= 4 is 17.7 Å². The van der Waals surface area contributed by atoms with E-state index in [-0.39, 0.29) is 5.91 Å². The van der Waals surface area contributed by atoms with Gasteiger partial charge >= 0.3 is 0 Å². The number of carbonyl (C=O) groups is 1. The van der Waals surface area contributed by atoms with E-state index in [1.54, 1.807) is 0 Å². The van der Waals surface area contributed by atoms with Crippen molar-refractivity contribution in [3.8, 4) is 0 Å². The summed E-state index contributed by atoms with van der Waals surface area (Å²) in [7, 11) is 0. The first-order chi connectivity index (χ1) is 14.2. The van der Waals surface area contributed by atoms with E-state index in [0.717, 1.165) is 57.8 Å². The van der Waals surface area contributed by atoms with Crippen molar-refractivity contribution in [2.75, 3.05) is 56.0 Å². The summed E-state index contributed by atoms with van der Waals surface area (Å²) in [6.45, 7) is 9.16. The molecule has 2 aliphatic rings. The average Bonchev–Trinajstić information content (AvgIpc) is 3.01. The van der Waals surface area contributed by atoms with Crippen LogP contribution < -0.4 is 15.5 Å². The Balaban J connectivity index is 1.30. The van der Waals surface area contributed by atoms with Crippen molar-refractivity contribution in [2.24, 2.45) is 5.92 Å². The lowest BCUT2D eigenvalue weighted by Gasteiger charge is -2.32. The number of carbonyl (C=O) groups excluding carboxylic acids is 1. The van der Waals surface area contributed by atoms with Gasteiger partial charge in [-0.3, -0.25) is 4.79 Å². The zero-order valence-corrected chi connectivity index (χ0v) is 18.0. The van der Waals surface area contributed by atoms with E-state index in [1.807, 2.05) is 19.2 Å². The SMILES string of the molecule is CCNc1nccc(N2CCC(CC(=O)NCCCN3CCCCCC3)CC2)n1. The molecular formula is C22H38N6O. The molecule has 162 valence electrons. The zero-order valence-electron chi connectivity index (χ0n) is 18.0. The van der Waals surface area contributed by atoms with Crippen LogP contribution >= 0.6 is 0 Å². The number of hydrogen-bond acceptors (Lipinski definition) is 6. The predicted molar refractivity (Wildman–Crippen MR) is 118 cm³/mol. The Kier molecular flexibility index (Phi) is 8.99. The fourth-order valence-electron chi connectivity index (χ4n) is 4.36. The number of aromatic nitrogens is 2. The van der Waals surface area contributed by atoms with Crippen LogP contribution in [0.4, 0.5) is 11.8 Å². The molecule has 0 atom stereocenters. The summed E-state index contributed by atoms with van der Waals surface area (Å²) in [4.78, 5) is 26.0. The molecule has 1 aromatic rings. The number of rotatable bonds is 9. The molecule has 7 nitrogen and oxygen atoms in total. The summed E-state index contributed by atoms with van der Waals surface area (Å²) in [6, 6.07) is 1.97. The lowest BCUT2D eigenvalue weighted by Crippen LogP contribution is -2.37. The summed E-state index contributed by atoms with van der Waals surface area (Å²) in [5, 5.41) is 6.31. The van der Waals surface area contributed by atoms with E-state index >= 15 is 0 Å². The zero-order chi connectivity index (χ0) is 20.3. The molecule has 7 heteroatoms. The lowest BCUT2D eigenvalue weighted by atomic mass is 9.93. The number of amides is 1. The number of hydrogen-bond donors (Lipinski definition) is 2. The van der Waals surface area contributed by atoms with Crippen LogP contribution in [0, 0.1) is 5.92 Å². The third-order valence-corrected chi connectivity index (χ3v) is 6.06. The molecule has 0 aromatic carbocycles. The molecule has 3 heterocycles. The normalized spacial score (nSPS) is 19.0. The van der Waals surface area contributed by atoms with E-state index in [4.69, 9.17) is 0 Å². The van der Waals surface area contributed by atoms with E-state index in [9.17, 15) is 4.79 Å². The van der Waals surface area contributed by atoms with Crippen molar-refractivity contribution in [1.82, 2.24) is 20.2 Å². The monoisotopic (exact) mass is 402 g/mol. The minimum Gasteiger partial charge on any atom is -0.356 e. The minimum atomic E-state index is 0.218. The first kappa shape index (κ1) is 21.8. The molecule has 0 unspecified atom stereocenters. The summed E-state index contributed by atoms with van der Waals surface area (Å²) >= 11 is 0. The highest BCUT2D eigenvalue weighted by Crippen LogP contribution is 2.24. The van der Waals surface area contributed by atoms with Gasteiger partial charge in [-0.25, -0.2) is 4.98 Å². The molecule has 0 bridgehead atoms. The minimum absolute atomic E-state index is 0.218. The standard InChI is InChI=1S/C22H38N6O/c1-2-23-22-25-12-8-20(26-22)28-16-9-19(10-17-28)18-21(29)24-11-7-15-27-13-5-3-4-6-14-27/h8,12,19H,2-7,9-11,13-18H2,1H3,(H,24,29)(H,23,25,26). The Labute approximate surface area is 175 Å². The highest BCUT2D eigenvalue weighted by Gasteiger charge is 2.22. The molecule has 2 N–H and O–H groups in total. The van der Waals surface area contributed by atoms with Crippen molar-refractivity contribution in [3.63, 3.8) is 0 Å². The first-order valence-electron chi connectivity index (χ1n) is 11.6. The summed E-state index contributed by atoms with van der Waals surface area (Å²) in [6.07, 6.45) is 11.0. The lowest BCUT2D eigenvalue weighted by molar-refractivity contribution is -0.122. The van der Waals surface area contributed by atoms with Gasteiger partial charge in [0, 0.05) is 38.8 Å². The molecule has 2 fully saturated rings. The van der Waals surface area contributed by atoms with Crippen LogP contribution in [-0.4, -0.2) is 66.6 Å².